The zero-order valence-electron chi connectivity index (χ0n) is 11.0. The Labute approximate surface area is 139 Å². The molecule has 21 heavy (non-hydrogen) atoms. The Morgan fingerprint density at radius 2 is 1.95 bits per heavy atom. The molecule has 110 valence electrons. The van der Waals surface area contributed by atoms with Crippen molar-refractivity contribution in [1.29, 1.82) is 0 Å². The van der Waals surface area contributed by atoms with Gasteiger partial charge in [0.05, 0.1) is 33.0 Å². The lowest BCUT2D eigenvalue weighted by atomic mass is 10.2. The molecule has 0 aliphatic carbocycles. The summed E-state index contributed by atoms with van der Waals surface area (Å²) >= 11 is 3.70. The number of carbonyl (C=O) groups is 1. The van der Waals surface area contributed by atoms with Crippen LogP contribution >= 0.6 is 33.9 Å². The monoisotopic (exact) mass is 416 g/mol. The Morgan fingerprint density at radius 3 is 2.62 bits per heavy atom. The van der Waals surface area contributed by atoms with Gasteiger partial charge in [0, 0.05) is 23.9 Å². The van der Waals surface area contributed by atoms with Gasteiger partial charge in [-0.25, -0.2) is 0 Å². The third-order valence-electron chi connectivity index (χ3n) is 3.00. The largest absolute Gasteiger partial charge is 0.489 e. The third kappa shape index (κ3) is 3.24. The molecule has 0 spiro atoms. The molecule has 1 amide bonds. The van der Waals surface area contributed by atoms with E-state index in [1.807, 2.05) is 11.4 Å². The van der Waals surface area contributed by atoms with Crippen molar-refractivity contribution in [2.45, 2.75) is 6.42 Å². The summed E-state index contributed by atoms with van der Waals surface area (Å²) in [6, 6.07) is 5.23. The van der Waals surface area contributed by atoms with Crippen molar-refractivity contribution in [3.63, 3.8) is 0 Å². The first-order chi connectivity index (χ1) is 10.1. The van der Waals surface area contributed by atoms with Gasteiger partial charge >= 0.3 is 0 Å². The molecule has 2 heterocycles. The molecule has 0 saturated carbocycles. The van der Waals surface area contributed by atoms with E-state index >= 15 is 0 Å². The minimum atomic E-state index is -0.185. The highest BCUT2D eigenvalue weighted by Gasteiger charge is 2.16. The van der Waals surface area contributed by atoms with Crippen LogP contribution in [0.3, 0.4) is 0 Å². The number of benzene rings is 1. The van der Waals surface area contributed by atoms with Gasteiger partial charge < -0.3 is 20.5 Å². The Bertz CT molecular complexity index is 687. The molecule has 1 aliphatic rings. The van der Waals surface area contributed by atoms with Crippen LogP contribution in [0.2, 0.25) is 0 Å². The molecule has 0 saturated heterocycles. The molecule has 3 N–H and O–H groups in total. The van der Waals surface area contributed by atoms with Gasteiger partial charge in [0.15, 0.2) is 11.5 Å². The molecule has 0 unspecified atom stereocenters. The predicted octanol–water partition coefficient (Wildman–Crippen LogP) is 3.35. The number of fused-ring (bicyclic) bond motifs is 1. The van der Waals surface area contributed by atoms with Crippen molar-refractivity contribution >= 4 is 51.2 Å². The van der Waals surface area contributed by atoms with E-state index in [-0.39, 0.29) is 5.91 Å². The van der Waals surface area contributed by atoms with E-state index in [1.165, 1.54) is 11.3 Å². The second kappa shape index (κ2) is 6.10. The summed E-state index contributed by atoms with van der Waals surface area (Å²) in [5.41, 5.74) is 7.59. The van der Waals surface area contributed by atoms with E-state index in [1.54, 1.807) is 12.1 Å². The average Bonchev–Trinajstić information content (AvgIpc) is 2.76. The molecule has 0 fully saturated rings. The van der Waals surface area contributed by atoms with Gasteiger partial charge in [-0.2, -0.15) is 0 Å². The molecule has 1 aromatic carbocycles. The number of amides is 1. The maximum absolute atomic E-state index is 12.2. The topological polar surface area (TPSA) is 73.6 Å². The van der Waals surface area contributed by atoms with Gasteiger partial charge in [0.25, 0.3) is 5.91 Å². The van der Waals surface area contributed by atoms with Crippen molar-refractivity contribution in [2.75, 3.05) is 24.3 Å². The van der Waals surface area contributed by atoms with Crippen LogP contribution in [0.5, 0.6) is 11.5 Å². The van der Waals surface area contributed by atoms with E-state index in [0.717, 1.165) is 9.30 Å². The molecule has 0 radical (unpaired) electrons. The molecule has 2 aromatic rings. The summed E-state index contributed by atoms with van der Waals surface area (Å²) < 4.78 is 12.2. The molecular formula is C14H13IN2O3S. The second-order valence-corrected chi connectivity index (χ2v) is 7.34. The van der Waals surface area contributed by atoms with Gasteiger partial charge in [-0.3, -0.25) is 4.79 Å². The van der Waals surface area contributed by atoms with Crippen LogP contribution in [0.25, 0.3) is 0 Å². The molecule has 1 aliphatic heterocycles. The normalized spacial score (nSPS) is 13.6. The summed E-state index contributed by atoms with van der Waals surface area (Å²) in [5, 5.41) is 4.63. The van der Waals surface area contributed by atoms with Gasteiger partial charge in [-0.05, 0) is 28.7 Å². The third-order valence-corrected chi connectivity index (χ3v) is 4.79. The van der Waals surface area contributed by atoms with Crippen LogP contribution in [0.1, 0.15) is 16.8 Å². The minimum Gasteiger partial charge on any atom is -0.489 e. The summed E-state index contributed by atoms with van der Waals surface area (Å²) in [5.74, 6) is 1.04. The zero-order valence-corrected chi connectivity index (χ0v) is 14.0. The first-order valence-corrected chi connectivity index (χ1v) is 8.34. The average molecular weight is 416 g/mol. The van der Waals surface area contributed by atoms with E-state index < -0.39 is 0 Å². The van der Waals surface area contributed by atoms with E-state index in [0.29, 0.717) is 41.7 Å². The van der Waals surface area contributed by atoms with Crippen LogP contribution in [-0.4, -0.2) is 19.1 Å². The quantitative estimate of drug-likeness (QED) is 0.582. The lowest BCUT2D eigenvalue weighted by molar-refractivity contribution is 0.102. The number of halogens is 1. The van der Waals surface area contributed by atoms with Gasteiger partial charge in [-0.1, -0.05) is 0 Å². The van der Waals surface area contributed by atoms with Crippen LogP contribution in [0.4, 0.5) is 11.4 Å². The van der Waals surface area contributed by atoms with Crippen LogP contribution < -0.4 is 20.5 Å². The molecule has 0 atom stereocenters. The van der Waals surface area contributed by atoms with Crippen LogP contribution in [-0.2, 0) is 0 Å². The summed E-state index contributed by atoms with van der Waals surface area (Å²) in [7, 11) is 0. The summed E-state index contributed by atoms with van der Waals surface area (Å²) in [4.78, 5) is 12.2. The number of nitrogen functional groups attached to an aromatic ring is 1. The maximum Gasteiger partial charge on any atom is 0.256 e. The Morgan fingerprint density at radius 1 is 1.24 bits per heavy atom. The fraction of sp³-hybridized carbons (Fsp3) is 0.214. The molecule has 7 heteroatoms. The summed E-state index contributed by atoms with van der Waals surface area (Å²) in [6.45, 7) is 1.19. The highest BCUT2D eigenvalue weighted by Crippen LogP contribution is 2.36. The number of nitrogens with two attached hydrogens (primary N) is 1. The van der Waals surface area contributed by atoms with E-state index in [2.05, 4.69) is 27.9 Å². The highest BCUT2D eigenvalue weighted by molar-refractivity contribution is 14.1. The Kier molecular flexibility index (Phi) is 4.20. The first kappa shape index (κ1) is 14.5. The SMILES string of the molecule is Nc1cc2c(cc1NC(=O)c1csc(I)c1)OCCCO2. The molecule has 5 nitrogen and oxygen atoms in total. The maximum atomic E-state index is 12.2. The summed E-state index contributed by atoms with van der Waals surface area (Å²) in [6.07, 6.45) is 0.823. The number of carbonyl (C=O) groups excluding carboxylic acids is 1. The minimum absolute atomic E-state index is 0.185. The lowest BCUT2D eigenvalue weighted by Gasteiger charge is -2.12. The molecule has 3 rings (SSSR count). The standard InChI is InChI=1S/C14H13IN2O3S/c15-13-4-8(7-21-13)14(18)17-10-6-12-11(5-9(10)16)19-2-1-3-20-12/h4-7H,1-3,16H2,(H,17,18). The Hall–Kier alpha value is -1.48. The van der Waals surface area contributed by atoms with Crippen molar-refractivity contribution in [3.8, 4) is 11.5 Å². The first-order valence-electron chi connectivity index (χ1n) is 6.38. The number of hydrogen-bond acceptors (Lipinski definition) is 5. The van der Waals surface area contributed by atoms with Crippen molar-refractivity contribution < 1.29 is 14.3 Å². The number of anilines is 2. The van der Waals surface area contributed by atoms with Gasteiger partial charge in [0.2, 0.25) is 0 Å². The molecular weight excluding hydrogens is 403 g/mol. The fourth-order valence-corrected chi connectivity index (χ4v) is 3.28. The smallest absolute Gasteiger partial charge is 0.256 e. The second-order valence-electron chi connectivity index (χ2n) is 4.53. The predicted molar refractivity (Wildman–Crippen MR) is 91.5 cm³/mol. The van der Waals surface area contributed by atoms with E-state index in [9.17, 15) is 4.79 Å². The number of ether oxygens (including phenoxy) is 2. The molecule has 0 bridgehead atoms. The highest BCUT2D eigenvalue weighted by atomic mass is 127. The lowest BCUT2D eigenvalue weighted by Crippen LogP contribution is -2.12. The van der Waals surface area contributed by atoms with Gasteiger partial charge in [0.1, 0.15) is 0 Å². The van der Waals surface area contributed by atoms with Crippen LogP contribution in [0, 0.1) is 2.88 Å². The number of rotatable bonds is 2. The Balaban J connectivity index is 1.85. The molecule has 1 aromatic heterocycles. The van der Waals surface area contributed by atoms with Crippen molar-refractivity contribution in [1.82, 2.24) is 0 Å². The fourth-order valence-electron chi connectivity index (χ4n) is 1.96. The van der Waals surface area contributed by atoms with Gasteiger partial charge in [-0.15, -0.1) is 11.3 Å². The van der Waals surface area contributed by atoms with Crippen LogP contribution in [0.15, 0.2) is 23.6 Å². The number of thiophene rings is 1. The van der Waals surface area contributed by atoms with Crippen molar-refractivity contribution in [2.24, 2.45) is 0 Å². The zero-order chi connectivity index (χ0) is 14.8. The van der Waals surface area contributed by atoms with E-state index in [4.69, 9.17) is 15.2 Å². The number of hydrogen-bond donors (Lipinski definition) is 2. The number of nitrogens with one attached hydrogen (secondary N) is 1. The van der Waals surface area contributed by atoms with Crippen molar-refractivity contribution in [3.05, 3.63) is 32.0 Å².